The summed E-state index contributed by atoms with van der Waals surface area (Å²) >= 11 is 1.19. The molecule has 5 heteroatoms. The molecule has 1 aromatic heterocycles. The molecular weight excluding hydrogens is 244 g/mol. The zero-order valence-corrected chi connectivity index (χ0v) is 11.1. The minimum atomic E-state index is -0.953. The average Bonchev–Trinajstić information content (AvgIpc) is 2.62. The van der Waals surface area contributed by atoms with Crippen molar-refractivity contribution in [3.05, 3.63) is 21.9 Å². The molecule has 90 valence electrons. The summed E-state index contributed by atoms with van der Waals surface area (Å²) < 4.78 is 11.7. The van der Waals surface area contributed by atoms with E-state index < -0.39 is 16.8 Å². The van der Waals surface area contributed by atoms with Crippen LogP contribution in [0.15, 0.2) is 11.4 Å². The van der Waals surface area contributed by atoms with Crippen LogP contribution in [0.1, 0.15) is 35.5 Å². The van der Waals surface area contributed by atoms with Crippen LogP contribution in [-0.4, -0.2) is 21.0 Å². The van der Waals surface area contributed by atoms with Crippen molar-refractivity contribution in [2.75, 3.05) is 5.75 Å². The van der Waals surface area contributed by atoms with Gasteiger partial charge in [0.2, 0.25) is 0 Å². The molecule has 0 fully saturated rings. The Morgan fingerprint density at radius 3 is 2.81 bits per heavy atom. The summed E-state index contributed by atoms with van der Waals surface area (Å²) in [5.74, 6) is 0.612. The summed E-state index contributed by atoms with van der Waals surface area (Å²) in [4.78, 5) is 11.2. The Hall–Kier alpha value is -0.680. The molecule has 1 unspecified atom stereocenters. The van der Waals surface area contributed by atoms with Crippen molar-refractivity contribution in [1.29, 1.82) is 0 Å². The predicted molar refractivity (Wildman–Crippen MR) is 67.4 cm³/mol. The molecule has 1 aromatic rings. The first-order chi connectivity index (χ1) is 7.50. The van der Waals surface area contributed by atoms with Crippen LogP contribution in [0.2, 0.25) is 0 Å². The zero-order valence-electron chi connectivity index (χ0n) is 9.43. The summed E-state index contributed by atoms with van der Waals surface area (Å²) in [5, 5.41) is 10.6. The van der Waals surface area contributed by atoms with Crippen LogP contribution in [0.3, 0.4) is 0 Å². The fraction of sp³-hybridized carbons (Fsp3) is 0.545. The van der Waals surface area contributed by atoms with Gasteiger partial charge in [-0.2, -0.15) is 0 Å². The Labute approximate surface area is 102 Å². The highest BCUT2D eigenvalue weighted by Gasteiger charge is 2.13. The van der Waals surface area contributed by atoms with Crippen LogP contribution in [-0.2, 0) is 16.6 Å². The lowest BCUT2D eigenvalue weighted by atomic mass is 10.2. The highest BCUT2D eigenvalue weighted by Crippen LogP contribution is 2.18. The number of aromatic carboxylic acids is 1. The molecule has 0 saturated heterocycles. The first-order valence-electron chi connectivity index (χ1n) is 5.15. The van der Waals surface area contributed by atoms with Crippen LogP contribution in [0.4, 0.5) is 0 Å². The molecule has 1 N–H and O–H groups in total. The lowest BCUT2D eigenvalue weighted by Crippen LogP contribution is -2.06. The number of carbonyl (C=O) groups is 1. The predicted octanol–water partition coefficient (Wildman–Crippen LogP) is 2.74. The Kier molecular flexibility index (Phi) is 5.15. The Morgan fingerprint density at radius 2 is 2.25 bits per heavy atom. The van der Waals surface area contributed by atoms with E-state index in [2.05, 4.69) is 13.8 Å². The number of thiophene rings is 1. The summed E-state index contributed by atoms with van der Waals surface area (Å²) in [6, 6.07) is 1.75. The summed E-state index contributed by atoms with van der Waals surface area (Å²) in [5.41, 5.74) is 0.694. The molecule has 3 nitrogen and oxygen atoms in total. The highest BCUT2D eigenvalue weighted by atomic mass is 32.2. The van der Waals surface area contributed by atoms with Crippen molar-refractivity contribution in [1.82, 2.24) is 0 Å². The Bertz CT molecular complexity index is 382. The van der Waals surface area contributed by atoms with Crippen molar-refractivity contribution in [3.8, 4) is 0 Å². The topological polar surface area (TPSA) is 54.4 Å². The van der Waals surface area contributed by atoms with Gasteiger partial charge in [-0.05, 0) is 29.3 Å². The summed E-state index contributed by atoms with van der Waals surface area (Å²) in [6.45, 7) is 4.18. The maximum atomic E-state index is 11.7. The van der Waals surface area contributed by atoms with Gasteiger partial charge >= 0.3 is 5.97 Å². The quantitative estimate of drug-likeness (QED) is 0.855. The van der Waals surface area contributed by atoms with Crippen LogP contribution in [0.5, 0.6) is 0 Å². The normalized spacial score (nSPS) is 12.9. The first kappa shape index (κ1) is 13.4. The van der Waals surface area contributed by atoms with E-state index in [0.717, 1.165) is 6.42 Å². The molecule has 0 amide bonds. The van der Waals surface area contributed by atoms with Crippen LogP contribution < -0.4 is 0 Å². The monoisotopic (exact) mass is 260 g/mol. The maximum Gasteiger partial charge on any atom is 0.346 e. The molecule has 0 aliphatic heterocycles. The smallest absolute Gasteiger partial charge is 0.346 e. The van der Waals surface area contributed by atoms with Gasteiger partial charge in [-0.3, -0.25) is 4.21 Å². The molecule has 1 atom stereocenters. The van der Waals surface area contributed by atoms with Crippen LogP contribution >= 0.6 is 11.3 Å². The van der Waals surface area contributed by atoms with E-state index in [-0.39, 0.29) is 0 Å². The lowest BCUT2D eigenvalue weighted by molar-refractivity contribution is 0.0701. The third kappa shape index (κ3) is 4.06. The van der Waals surface area contributed by atoms with Crippen molar-refractivity contribution < 1.29 is 14.1 Å². The molecule has 0 saturated carbocycles. The van der Waals surface area contributed by atoms with Gasteiger partial charge in [0.15, 0.2) is 0 Å². The van der Waals surface area contributed by atoms with Crippen LogP contribution in [0.25, 0.3) is 0 Å². The number of carboxylic acid groups (broad SMARTS) is 1. The first-order valence-corrected chi connectivity index (χ1v) is 7.52. The largest absolute Gasteiger partial charge is 0.477 e. The molecule has 0 spiro atoms. The van der Waals surface area contributed by atoms with E-state index in [1.165, 1.54) is 11.3 Å². The second-order valence-corrected chi connectivity index (χ2v) is 6.54. The lowest BCUT2D eigenvalue weighted by Gasteiger charge is -2.04. The average molecular weight is 260 g/mol. The number of carboxylic acids is 1. The van der Waals surface area contributed by atoms with Crippen molar-refractivity contribution in [2.45, 2.75) is 26.0 Å². The molecule has 1 rings (SSSR count). The van der Waals surface area contributed by atoms with Gasteiger partial charge < -0.3 is 5.11 Å². The molecule has 0 aliphatic carbocycles. The van der Waals surface area contributed by atoms with Gasteiger partial charge in [-0.25, -0.2) is 4.79 Å². The highest BCUT2D eigenvalue weighted by molar-refractivity contribution is 7.84. The van der Waals surface area contributed by atoms with E-state index in [9.17, 15) is 9.00 Å². The van der Waals surface area contributed by atoms with Gasteiger partial charge in [0.1, 0.15) is 4.88 Å². The minimum absolute atomic E-state index is 0.317. The van der Waals surface area contributed by atoms with Gasteiger partial charge in [-0.15, -0.1) is 11.3 Å². The third-order valence-corrected chi connectivity index (χ3v) is 4.45. The van der Waals surface area contributed by atoms with E-state index in [1.807, 2.05) is 0 Å². The zero-order chi connectivity index (χ0) is 12.1. The summed E-state index contributed by atoms with van der Waals surface area (Å²) in [6.07, 6.45) is 0.916. The fourth-order valence-corrected chi connectivity index (χ4v) is 3.57. The van der Waals surface area contributed by atoms with Crippen molar-refractivity contribution in [3.63, 3.8) is 0 Å². The Balaban J connectivity index is 2.56. The van der Waals surface area contributed by atoms with E-state index in [1.54, 1.807) is 11.4 Å². The molecule has 16 heavy (non-hydrogen) atoms. The van der Waals surface area contributed by atoms with Gasteiger partial charge in [-0.1, -0.05) is 13.8 Å². The minimum Gasteiger partial charge on any atom is -0.477 e. The molecule has 0 bridgehead atoms. The number of rotatable bonds is 6. The second kappa shape index (κ2) is 6.15. The molecule has 0 aliphatic rings. The third-order valence-electron chi connectivity index (χ3n) is 2.18. The van der Waals surface area contributed by atoms with E-state index in [4.69, 9.17) is 5.11 Å². The van der Waals surface area contributed by atoms with E-state index in [0.29, 0.717) is 27.9 Å². The van der Waals surface area contributed by atoms with Crippen molar-refractivity contribution >= 4 is 28.1 Å². The van der Waals surface area contributed by atoms with Crippen molar-refractivity contribution in [2.24, 2.45) is 5.92 Å². The maximum absolute atomic E-state index is 11.7. The van der Waals surface area contributed by atoms with E-state index >= 15 is 0 Å². The van der Waals surface area contributed by atoms with Crippen LogP contribution in [0, 0.1) is 5.92 Å². The second-order valence-electron chi connectivity index (χ2n) is 4.05. The summed E-state index contributed by atoms with van der Waals surface area (Å²) in [7, 11) is -0.953. The molecule has 1 heterocycles. The standard InChI is InChI=1S/C11H16O3S2/c1-8(2)4-6-16(14)7-9-3-5-15-10(9)11(12)13/h3,5,8H,4,6-7H2,1-2H3,(H,12,13). The number of hydrogen-bond acceptors (Lipinski definition) is 3. The number of hydrogen-bond donors (Lipinski definition) is 1. The van der Waals surface area contributed by atoms with Gasteiger partial charge in [0.25, 0.3) is 0 Å². The SMILES string of the molecule is CC(C)CCS(=O)Cc1ccsc1C(=O)O. The Morgan fingerprint density at radius 1 is 1.56 bits per heavy atom. The molecular formula is C11H16O3S2. The fourth-order valence-electron chi connectivity index (χ4n) is 1.25. The molecule has 0 aromatic carbocycles. The van der Waals surface area contributed by atoms with Gasteiger partial charge in [0, 0.05) is 16.6 Å². The molecule has 0 radical (unpaired) electrons. The van der Waals surface area contributed by atoms with Gasteiger partial charge in [0.05, 0.1) is 5.75 Å².